The van der Waals surface area contributed by atoms with E-state index in [1.54, 1.807) is 36.2 Å². The molecule has 0 atom stereocenters. The van der Waals surface area contributed by atoms with Crippen LogP contribution in [0.1, 0.15) is 17.7 Å². The van der Waals surface area contributed by atoms with Crippen LogP contribution in [-0.4, -0.2) is 21.4 Å². The molecule has 116 valence electrons. The second-order valence-corrected chi connectivity index (χ2v) is 6.91. The Morgan fingerprint density at radius 3 is 2.82 bits per heavy atom. The maximum absolute atomic E-state index is 12.3. The number of sulfonamides is 1. The molecule has 0 bridgehead atoms. The molecular weight excluding hydrogens is 304 g/mol. The van der Waals surface area contributed by atoms with Crippen molar-refractivity contribution in [1.29, 1.82) is 0 Å². The zero-order valence-electron chi connectivity index (χ0n) is 12.1. The maximum atomic E-state index is 12.3. The summed E-state index contributed by atoms with van der Waals surface area (Å²) in [7, 11) is -1.92. The summed E-state index contributed by atoms with van der Waals surface area (Å²) in [5.74, 6) is 0.589. The number of hydrogen-bond donors (Lipinski definition) is 1. The fraction of sp³-hybridized carbons (Fsp3) is 0.267. The van der Waals surface area contributed by atoms with Gasteiger partial charge in [-0.2, -0.15) is 0 Å². The van der Waals surface area contributed by atoms with E-state index in [-0.39, 0.29) is 17.3 Å². The molecule has 22 heavy (non-hydrogen) atoms. The number of nitrogens with one attached hydrogen (secondary N) is 1. The lowest BCUT2D eigenvalue weighted by Crippen LogP contribution is -2.31. The number of fused-ring (bicyclic) bond motifs is 1. The molecule has 2 aromatic rings. The number of furan rings is 1. The second-order valence-electron chi connectivity index (χ2n) is 5.15. The van der Waals surface area contributed by atoms with Crippen molar-refractivity contribution in [3.63, 3.8) is 0 Å². The Hall–Kier alpha value is -2.12. The van der Waals surface area contributed by atoms with Gasteiger partial charge in [0, 0.05) is 19.2 Å². The van der Waals surface area contributed by atoms with Crippen LogP contribution in [0.4, 0.5) is 5.69 Å². The van der Waals surface area contributed by atoms with Crippen LogP contribution < -0.4 is 9.62 Å². The van der Waals surface area contributed by atoms with E-state index >= 15 is 0 Å². The van der Waals surface area contributed by atoms with Gasteiger partial charge in [0.2, 0.25) is 15.9 Å². The van der Waals surface area contributed by atoms with E-state index in [2.05, 4.69) is 4.72 Å². The van der Waals surface area contributed by atoms with Gasteiger partial charge in [-0.25, -0.2) is 13.1 Å². The van der Waals surface area contributed by atoms with Gasteiger partial charge >= 0.3 is 0 Å². The summed E-state index contributed by atoms with van der Waals surface area (Å²) >= 11 is 0. The standard InChI is InChI=1S/C15H16N2O4S/c1-17-14-6-5-13(9-11(14)4-7-15(17)18)22(19,20)16-10-12-3-2-8-21-12/h2-3,5-6,8-9,16H,4,7,10H2,1H3. The predicted molar refractivity (Wildman–Crippen MR) is 80.9 cm³/mol. The van der Waals surface area contributed by atoms with Crippen LogP contribution in [0.2, 0.25) is 0 Å². The topological polar surface area (TPSA) is 79.6 Å². The van der Waals surface area contributed by atoms with Gasteiger partial charge in [0.1, 0.15) is 5.76 Å². The Balaban J connectivity index is 1.84. The fourth-order valence-electron chi connectivity index (χ4n) is 2.46. The molecule has 1 N–H and O–H groups in total. The molecular formula is C15H16N2O4S. The smallest absolute Gasteiger partial charge is 0.240 e. The average molecular weight is 320 g/mol. The Labute approximate surface area is 128 Å². The SMILES string of the molecule is CN1C(=O)CCc2cc(S(=O)(=O)NCc3ccco3)ccc21. The Kier molecular flexibility index (Phi) is 3.76. The predicted octanol–water partition coefficient (Wildman–Crippen LogP) is 1.67. The highest BCUT2D eigenvalue weighted by molar-refractivity contribution is 7.89. The lowest BCUT2D eigenvalue weighted by atomic mass is 10.0. The Bertz CT molecular complexity index is 797. The molecule has 3 rings (SSSR count). The van der Waals surface area contributed by atoms with Gasteiger partial charge in [-0.15, -0.1) is 0 Å². The number of amides is 1. The van der Waals surface area contributed by atoms with Crippen molar-refractivity contribution in [2.75, 3.05) is 11.9 Å². The molecule has 6 nitrogen and oxygen atoms in total. The van der Waals surface area contributed by atoms with Crippen molar-refractivity contribution < 1.29 is 17.6 Å². The molecule has 0 spiro atoms. The molecule has 1 amide bonds. The van der Waals surface area contributed by atoms with E-state index in [9.17, 15) is 13.2 Å². The molecule has 0 radical (unpaired) electrons. The summed E-state index contributed by atoms with van der Waals surface area (Å²) in [6.45, 7) is 0.102. The highest BCUT2D eigenvalue weighted by Crippen LogP contribution is 2.28. The van der Waals surface area contributed by atoms with Crippen molar-refractivity contribution >= 4 is 21.6 Å². The number of anilines is 1. The first-order valence-corrected chi connectivity index (χ1v) is 8.37. The lowest BCUT2D eigenvalue weighted by molar-refractivity contribution is -0.118. The number of benzene rings is 1. The fourth-order valence-corrected chi connectivity index (χ4v) is 3.51. The number of rotatable bonds is 4. The third-order valence-corrected chi connectivity index (χ3v) is 5.12. The molecule has 1 aromatic heterocycles. The first kappa shape index (κ1) is 14.8. The highest BCUT2D eigenvalue weighted by atomic mass is 32.2. The molecule has 2 heterocycles. The summed E-state index contributed by atoms with van der Waals surface area (Å²) in [5.41, 5.74) is 1.63. The quantitative estimate of drug-likeness (QED) is 0.929. The van der Waals surface area contributed by atoms with Gasteiger partial charge in [-0.3, -0.25) is 4.79 Å². The lowest BCUT2D eigenvalue weighted by Gasteiger charge is -2.26. The minimum absolute atomic E-state index is 0.0408. The summed E-state index contributed by atoms with van der Waals surface area (Å²) in [6, 6.07) is 8.22. The van der Waals surface area contributed by atoms with Crippen LogP contribution in [0.5, 0.6) is 0 Å². The minimum atomic E-state index is -3.61. The number of nitrogens with zero attached hydrogens (tertiary/aromatic N) is 1. The summed E-state index contributed by atoms with van der Waals surface area (Å²) in [4.78, 5) is 13.4. The first-order chi connectivity index (χ1) is 10.5. The van der Waals surface area contributed by atoms with Gasteiger partial charge in [-0.05, 0) is 42.3 Å². The van der Waals surface area contributed by atoms with Crippen LogP contribution in [0.3, 0.4) is 0 Å². The molecule has 7 heteroatoms. The third-order valence-electron chi connectivity index (χ3n) is 3.72. The molecule has 1 aliphatic rings. The van der Waals surface area contributed by atoms with Gasteiger partial charge in [0.25, 0.3) is 0 Å². The molecule has 0 fully saturated rings. The van der Waals surface area contributed by atoms with E-state index in [1.165, 1.54) is 12.3 Å². The largest absolute Gasteiger partial charge is 0.468 e. The van der Waals surface area contributed by atoms with Gasteiger partial charge in [-0.1, -0.05) is 0 Å². The summed E-state index contributed by atoms with van der Waals surface area (Å²) in [6.07, 6.45) is 2.45. The zero-order chi connectivity index (χ0) is 15.7. The molecule has 1 aliphatic heterocycles. The molecule has 0 unspecified atom stereocenters. The number of hydrogen-bond acceptors (Lipinski definition) is 4. The van der Waals surface area contributed by atoms with Gasteiger partial charge in [0.15, 0.2) is 0 Å². The zero-order valence-corrected chi connectivity index (χ0v) is 12.9. The van der Waals surface area contributed by atoms with Crippen LogP contribution >= 0.6 is 0 Å². The van der Waals surface area contributed by atoms with Crippen molar-refractivity contribution in [1.82, 2.24) is 4.72 Å². The van der Waals surface area contributed by atoms with Crippen LogP contribution in [0, 0.1) is 0 Å². The number of carbonyl (C=O) groups is 1. The summed E-state index contributed by atoms with van der Waals surface area (Å²) < 4.78 is 32.3. The van der Waals surface area contributed by atoms with Crippen molar-refractivity contribution in [3.05, 3.63) is 47.9 Å². The van der Waals surface area contributed by atoms with Crippen LogP contribution in [0.15, 0.2) is 45.9 Å². The van der Waals surface area contributed by atoms with Crippen LogP contribution in [0.25, 0.3) is 0 Å². The second kappa shape index (κ2) is 5.58. The van der Waals surface area contributed by atoms with E-state index in [0.29, 0.717) is 18.6 Å². The van der Waals surface area contributed by atoms with E-state index in [1.807, 2.05) is 0 Å². The average Bonchev–Trinajstić information content (AvgIpc) is 3.02. The first-order valence-electron chi connectivity index (χ1n) is 6.89. The normalized spacial score (nSPS) is 15.0. The van der Waals surface area contributed by atoms with Crippen molar-refractivity contribution in [2.24, 2.45) is 0 Å². The number of aryl methyl sites for hydroxylation is 1. The third kappa shape index (κ3) is 2.77. The van der Waals surface area contributed by atoms with E-state index in [0.717, 1.165) is 11.3 Å². The number of carbonyl (C=O) groups excluding carboxylic acids is 1. The minimum Gasteiger partial charge on any atom is -0.468 e. The van der Waals surface area contributed by atoms with Crippen molar-refractivity contribution in [3.8, 4) is 0 Å². The Morgan fingerprint density at radius 2 is 2.09 bits per heavy atom. The molecule has 0 saturated heterocycles. The van der Waals surface area contributed by atoms with Gasteiger partial charge < -0.3 is 9.32 Å². The molecule has 1 aromatic carbocycles. The molecule has 0 saturated carbocycles. The maximum Gasteiger partial charge on any atom is 0.240 e. The van der Waals surface area contributed by atoms with Crippen molar-refractivity contribution in [2.45, 2.75) is 24.3 Å². The molecule has 0 aliphatic carbocycles. The van der Waals surface area contributed by atoms with E-state index < -0.39 is 10.0 Å². The summed E-state index contributed by atoms with van der Waals surface area (Å²) in [5, 5.41) is 0. The Morgan fingerprint density at radius 1 is 1.27 bits per heavy atom. The highest BCUT2D eigenvalue weighted by Gasteiger charge is 2.23. The van der Waals surface area contributed by atoms with E-state index in [4.69, 9.17) is 4.42 Å². The monoisotopic (exact) mass is 320 g/mol. The van der Waals surface area contributed by atoms with Gasteiger partial charge in [0.05, 0.1) is 17.7 Å². The van der Waals surface area contributed by atoms with Crippen LogP contribution in [-0.2, 0) is 27.8 Å².